The van der Waals surface area contributed by atoms with E-state index in [1.165, 1.54) is 11.3 Å². The zero-order valence-corrected chi connectivity index (χ0v) is 19.4. The number of nitriles is 2. The van der Waals surface area contributed by atoms with Crippen LogP contribution in [0.25, 0.3) is 10.9 Å². The van der Waals surface area contributed by atoms with E-state index in [1.807, 2.05) is 41.4 Å². The molecule has 0 unspecified atom stereocenters. The Bertz CT molecular complexity index is 1460. The van der Waals surface area contributed by atoms with Gasteiger partial charge in [0.25, 0.3) is 5.91 Å². The van der Waals surface area contributed by atoms with Crippen molar-refractivity contribution in [2.45, 2.75) is 25.2 Å². The molecule has 4 heterocycles. The third-order valence-corrected chi connectivity index (χ3v) is 7.13. The van der Waals surface area contributed by atoms with Gasteiger partial charge in [0.15, 0.2) is 11.4 Å². The maximum atomic E-state index is 12.9. The molecule has 3 N–H and O–H groups in total. The maximum Gasteiger partial charge on any atom is 0.277 e. The van der Waals surface area contributed by atoms with Crippen molar-refractivity contribution in [3.05, 3.63) is 63.5 Å². The lowest BCUT2D eigenvalue weighted by Crippen LogP contribution is -2.38. The molecule has 1 saturated heterocycles. The van der Waals surface area contributed by atoms with E-state index in [0.29, 0.717) is 19.5 Å². The fourth-order valence-corrected chi connectivity index (χ4v) is 5.25. The van der Waals surface area contributed by atoms with Gasteiger partial charge in [-0.2, -0.15) is 10.5 Å². The molecule has 35 heavy (non-hydrogen) atoms. The van der Waals surface area contributed by atoms with Crippen LogP contribution in [0, 0.1) is 22.7 Å². The van der Waals surface area contributed by atoms with Crippen molar-refractivity contribution >= 4 is 40.0 Å². The van der Waals surface area contributed by atoms with Gasteiger partial charge in [-0.05, 0) is 24.5 Å². The number of para-hydroxylation sites is 1. The monoisotopic (exact) mass is 484 g/mol. The van der Waals surface area contributed by atoms with E-state index in [1.54, 1.807) is 11.4 Å². The first kappa shape index (κ1) is 22.3. The summed E-state index contributed by atoms with van der Waals surface area (Å²) in [4.78, 5) is 41.5. The molecule has 174 valence electrons. The number of thiazole rings is 1. The Morgan fingerprint density at radius 3 is 2.71 bits per heavy atom. The van der Waals surface area contributed by atoms with Crippen molar-refractivity contribution < 1.29 is 9.59 Å². The van der Waals surface area contributed by atoms with Gasteiger partial charge in [-0.15, -0.1) is 11.3 Å². The topological polar surface area (TPSA) is 154 Å². The Balaban J connectivity index is 1.17. The van der Waals surface area contributed by atoms with Crippen molar-refractivity contribution in [2.24, 2.45) is 0 Å². The third kappa shape index (κ3) is 4.50. The molecule has 3 aromatic heterocycles. The number of rotatable bonds is 5. The average Bonchev–Trinajstić information content (AvgIpc) is 3.63. The molecular formula is C24H20N8O2S. The van der Waals surface area contributed by atoms with Crippen LogP contribution in [-0.2, 0) is 11.2 Å². The first-order valence-electron chi connectivity index (χ1n) is 11.1. The number of hydrogen-bond donors (Lipinski definition) is 3. The number of aromatic nitrogens is 4. The number of H-pyrrole nitrogens is 2. The number of nitrogens with one attached hydrogen (secondary N) is 3. The zero-order chi connectivity index (χ0) is 24.4. The molecule has 0 bridgehead atoms. The van der Waals surface area contributed by atoms with Crippen LogP contribution in [0.5, 0.6) is 0 Å². The summed E-state index contributed by atoms with van der Waals surface area (Å²) in [5.74, 6) is -0.154. The van der Waals surface area contributed by atoms with Gasteiger partial charge < -0.3 is 14.9 Å². The van der Waals surface area contributed by atoms with Gasteiger partial charge in [0.2, 0.25) is 11.9 Å². The highest BCUT2D eigenvalue weighted by Crippen LogP contribution is 2.31. The maximum absolute atomic E-state index is 12.9. The molecule has 1 aliphatic heterocycles. The van der Waals surface area contributed by atoms with Crippen LogP contribution in [0.2, 0.25) is 0 Å². The predicted molar refractivity (Wildman–Crippen MR) is 129 cm³/mol. The number of aromatic amines is 2. The summed E-state index contributed by atoms with van der Waals surface area (Å²) in [5.41, 5.74) is 2.20. The lowest BCUT2D eigenvalue weighted by Gasteiger charge is -2.31. The summed E-state index contributed by atoms with van der Waals surface area (Å²) in [7, 11) is 0. The summed E-state index contributed by atoms with van der Waals surface area (Å²) in [6.07, 6.45) is 3.83. The molecule has 1 aliphatic rings. The fraction of sp³-hybridized carbons (Fsp3) is 0.250. The van der Waals surface area contributed by atoms with E-state index in [9.17, 15) is 9.59 Å². The van der Waals surface area contributed by atoms with Gasteiger partial charge in [-0.1, -0.05) is 18.2 Å². The van der Waals surface area contributed by atoms with Crippen LogP contribution in [0.4, 0.5) is 5.95 Å². The highest BCUT2D eigenvalue weighted by Gasteiger charge is 2.27. The molecule has 0 saturated carbocycles. The minimum absolute atomic E-state index is 0.00670. The number of fused-ring (bicyclic) bond motifs is 1. The van der Waals surface area contributed by atoms with Crippen LogP contribution in [0.3, 0.4) is 0 Å². The minimum atomic E-state index is -0.471. The Morgan fingerprint density at radius 2 is 1.97 bits per heavy atom. The van der Waals surface area contributed by atoms with Crippen molar-refractivity contribution in [3.8, 4) is 12.1 Å². The van der Waals surface area contributed by atoms with Gasteiger partial charge in [0.05, 0.1) is 11.4 Å². The van der Waals surface area contributed by atoms with E-state index in [-0.39, 0.29) is 34.9 Å². The minimum Gasteiger partial charge on any atom is -0.361 e. The Kier molecular flexibility index (Phi) is 6.00. The average molecular weight is 485 g/mol. The molecule has 11 heteroatoms. The highest BCUT2D eigenvalue weighted by molar-refractivity contribution is 7.10. The number of benzene rings is 1. The second-order valence-electron chi connectivity index (χ2n) is 8.25. The Hall–Kier alpha value is -4.48. The summed E-state index contributed by atoms with van der Waals surface area (Å²) in [5, 5.41) is 24.1. The van der Waals surface area contributed by atoms with E-state index in [2.05, 4.69) is 25.3 Å². The number of nitrogens with zero attached hydrogens (tertiary/aromatic N) is 5. The third-order valence-electron chi connectivity index (χ3n) is 6.12. The van der Waals surface area contributed by atoms with Crippen LogP contribution in [-0.4, -0.2) is 49.7 Å². The smallest absolute Gasteiger partial charge is 0.277 e. The van der Waals surface area contributed by atoms with Crippen LogP contribution < -0.4 is 5.32 Å². The number of imidazole rings is 1. The van der Waals surface area contributed by atoms with Gasteiger partial charge in [-0.3, -0.25) is 14.9 Å². The molecule has 0 aliphatic carbocycles. The Labute approximate surface area is 204 Å². The second-order valence-corrected chi connectivity index (χ2v) is 9.14. The number of likely N-dealkylation sites (tertiary alicyclic amines) is 1. The number of amides is 2. The summed E-state index contributed by atoms with van der Waals surface area (Å²) in [6, 6.07) is 11.6. The normalized spacial score (nSPS) is 13.9. The molecule has 0 spiro atoms. The first-order valence-corrected chi connectivity index (χ1v) is 11.9. The van der Waals surface area contributed by atoms with E-state index >= 15 is 0 Å². The summed E-state index contributed by atoms with van der Waals surface area (Å²) >= 11 is 1.41. The number of carbonyl (C=O) groups excluding carboxylic acids is 2. The van der Waals surface area contributed by atoms with E-state index in [4.69, 9.17) is 10.5 Å². The van der Waals surface area contributed by atoms with Gasteiger partial charge in [0, 0.05) is 41.5 Å². The molecular weight excluding hydrogens is 464 g/mol. The van der Waals surface area contributed by atoms with Crippen molar-refractivity contribution in [2.75, 3.05) is 18.4 Å². The van der Waals surface area contributed by atoms with Gasteiger partial charge in [-0.25, -0.2) is 9.97 Å². The van der Waals surface area contributed by atoms with Gasteiger partial charge in [0.1, 0.15) is 17.8 Å². The summed E-state index contributed by atoms with van der Waals surface area (Å²) in [6.45, 7) is 1.29. The molecule has 2 amide bonds. The lowest BCUT2D eigenvalue weighted by molar-refractivity contribution is -0.131. The number of hydrogen-bond acceptors (Lipinski definition) is 7. The molecule has 0 atom stereocenters. The quantitative estimate of drug-likeness (QED) is 0.395. The SMILES string of the molecule is N#Cc1nc(NC(=O)c2csc(C3CCN(C(=O)Cc4c[nH]c5ccccc45)CC3)n2)[nH]c1C#N. The van der Waals surface area contributed by atoms with E-state index in [0.717, 1.165) is 34.3 Å². The van der Waals surface area contributed by atoms with E-state index < -0.39 is 5.91 Å². The molecule has 10 nitrogen and oxygen atoms in total. The molecule has 1 aromatic carbocycles. The van der Waals surface area contributed by atoms with Crippen LogP contribution >= 0.6 is 11.3 Å². The number of anilines is 1. The highest BCUT2D eigenvalue weighted by atomic mass is 32.1. The molecule has 5 rings (SSSR count). The number of carbonyl (C=O) groups is 2. The number of piperidine rings is 1. The molecule has 0 radical (unpaired) electrons. The van der Waals surface area contributed by atoms with Gasteiger partial charge >= 0.3 is 0 Å². The van der Waals surface area contributed by atoms with Crippen molar-refractivity contribution in [1.82, 2.24) is 24.8 Å². The Morgan fingerprint density at radius 1 is 1.17 bits per heavy atom. The van der Waals surface area contributed by atoms with Crippen molar-refractivity contribution in [1.29, 1.82) is 10.5 Å². The van der Waals surface area contributed by atoms with Crippen LogP contribution in [0.15, 0.2) is 35.8 Å². The molecule has 4 aromatic rings. The standard InChI is InChI=1S/C24H20N8O2S/c25-10-18-19(11-26)30-24(29-18)31-22(34)20-13-35-23(28-20)14-5-7-32(8-6-14)21(33)9-15-12-27-17-4-2-1-3-16(15)17/h1-4,12-14,27H,5-9H2,(H2,29,30,31,34). The van der Waals surface area contributed by atoms with Crippen molar-refractivity contribution in [3.63, 3.8) is 0 Å². The molecule has 1 fully saturated rings. The fourth-order valence-electron chi connectivity index (χ4n) is 4.27. The zero-order valence-electron chi connectivity index (χ0n) is 18.5. The first-order chi connectivity index (χ1) is 17.1. The second kappa shape index (κ2) is 9.41. The lowest BCUT2D eigenvalue weighted by atomic mass is 9.97. The predicted octanol–water partition coefficient (Wildman–Crippen LogP) is 3.29. The largest absolute Gasteiger partial charge is 0.361 e. The van der Waals surface area contributed by atoms with Crippen LogP contribution in [0.1, 0.15) is 51.2 Å². The summed E-state index contributed by atoms with van der Waals surface area (Å²) < 4.78 is 0.